The number of ether oxygens (including phenoxy) is 2. The van der Waals surface area contributed by atoms with Gasteiger partial charge in [0.2, 0.25) is 5.91 Å². The molecule has 0 saturated carbocycles. The van der Waals surface area contributed by atoms with Crippen molar-refractivity contribution in [3.05, 3.63) is 122 Å². The summed E-state index contributed by atoms with van der Waals surface area (Å²) in [5.41, 5.74) is 2.98. The number of aromatic nitrogens is 7. The molecule has 0 bridgehead atoms. The fourth-order valence-corrected chi connectivity index (χ4v) is 9.05. The number of aromatic amines is 2. The average molecular weight is 805 g/mol. The molecule has 4 fully saturated rings. The first-order valence-corrected chi connectivity index (χ1v) is 21.2. The Morgan fingerprint density at radius 2 is 1.29 bits per heavy atom. The van der Waals surface area contributed by atoms with Crippen molar-refractivity contribution in [1.82, 2.24) is 49.9 Å². The number of fused-ring (bicyclic) bond motifs is 1. The van der Waals surface area contributed by atoms with Gasteiger partial charge in [0, 0.05) is 89.4 Å². The molecule has 0 aliphatic carbocycles. The lowest BCUT2D eigenvalue weighted by atomic mass is 9.97. The molecule has 312 valence electrons. The van der Waals surface area contributed by atoms with Crippen LogP contribution in [0.1, 0.15) is 91.6 Å². The van der Waals surface area contributed by atoms with E-state index in [4.69, 9.17) is 14.6 Å². The molecule has 9 rings (SSSR count). The molecule has 4 atom stereocenters. The predicted octanol–water partition coefficient (Wildman–Crippen LogP) is 3.99. The summed E-state index contributed by atoms with van der Waals surface area (Å²) in [6, 6.07) is 20.9. The summed E-state index contributed by atoms with van der Waals surface area (Å²) in [5, 5.41) is 16.1. The SMILES string of the molecule is CC1CN(Cc2ccccc2)CC1c1nn2c(C3CCOCC3)ncc2c(=O)[nH]1.CC1CN(Cc2ccccc2)CC1c1nnc(CNC(=O)C2CCOCC2)c(=O)[nH]1. The number of nitrogens with zero attached hydrogens (tertiary/aromatic N) is 7. The smallest absolute Gasteiger partial charge is 0.276 e. The number of hydrogen-bond donors (Lipinski definition) is 3. The largest absolute Gasteiger partial charge is 0.381 e. The van der Waals surface area contributed by atoms with E-state index in [2.05, 4.69) is 103 Å². The van der Waals surface area contributed by atoms with Crippen LogP contribution in [0.5, 0.6) is 0 Å². The van der Waals surface area contributed by atoms with Gasteiger partial charge in [0.25, 0.3) is 11.1 Å². The Kier molecular flexibility index (Phi) is 13.0. The van der Waals surface area contributed by atoms with Crippen LogP contribution in [0.25, 0.3) is 5.52 Å². The van der Waals surface area contributed by atoms with Crippen LogP contribution in [0.3, 0.4) is 0 Å². The van der Waals surface area contributed by atoms with Crippen molar-refractivity contribution in [3.8, 4) is 0 Å². The summed E-state index contributed by atoms with van der Waals surface area (Å²) in [6.07, 6.45) is 4.93. The maximum Gasteiger partial charge on any atom is 0.276 e. The third-order valence-corrected chi connectivity index (χ3v) is 12.4. The molecule has 4 aliphatic heterocycles. The summed E-state index contributed by atoms with van der Waals surface area (Å²) in [6.45, 7) is 12.7. The van der Waals surface area contributed by atoms with Gasteiger partial charge in [-0.05, 0) is 48.6 Å². The van der Waals surface area contributed by atoms with Crippen LogP contribution in [0, 0.1) is 17.8 Å². The van der Waals surface area contributed by atoms with Crippen LogP contribution >= 0.6 is 0 Å². The molecule has 0 radical (unpaired) electrons. The summed E-state index contributed by atoms with van der Waals surface area (Å²) in [4.78, 5) is 52.8. The predicted molar refractivity (Wildman–Crippen MR) is 222 cm³/mol. The van der Waals surface area contributed by atoms with E-state index in [1.807, 2.05) is 12.1 Å². The number of likely N-dealkylation sites (tertiary alicyclic amines) is 2. The molecule has 7 heterocycles. The van der Waals surface area contributed by atoms with Gasteiger partial charge in [-0.1, -0.05) is 74.5 Å². The van der Waals surface area contributed by atoms with Crippen molar-refractivity contribution in [3.63, 3.8) is 0 Å². The minimum Gasteiger partial charge on any atom is -0.381 e. The molecular formula is C44H56N10O5. The number of amides is 1. The van der Waals surface area contributed by atoms with Gasteiger partial charge in [0.05, 0.1) is 12.7 Å². The van der Waals surface area contributed by atoms with Crippen LogP contribution in [-0.2, 0) is 33.9 Å². The lowest BCUT2D eigenvalue weighted by Crippen LogP contribution is -2.36. The van der Waals surface area contributed by atoms with E-state index in [0.717, 1.165) is 77.0 Å². The lowest BCUT2D eigenvalue weighted by molar-refractivity contribution is -0.128. The van der Waals surface area contributed by atoms with Crippen molar-refractivity contribution < 1.29 is 14.3 Å². The number of hydrogen-bond acceptors (Lipinski definition) is 11. The standard InChI is InChI=1S/C22H29N5O3.C22H27N5O2/c1-15-12-27(13-16-5-3-2-4-6-16)14-18(15)20-24-22(29)19(25-26-20)11-23-21(28)17-7-9-30-10-8-17;1-15-12-26(13-16-5-3-2-4-6-16)14-18(15)20-24-22(28)19-11-23-21(27(19)25-20)17-7-9-29-10-8-17/h2-6,15,17-18H,7-14H2,1H3,(H,23,28)(H,24,26,29);2-6,11,15,17-18H,7-10,12-14H2,1H3,(H,24,25,28). The molecule has 3 aromatic heterocycles. The molecule has 4 aliphatic rings. The Balaban J connectivity index is 0.000000164. The molecule has 5 aromatic rings. The van der Waals surface area contributed by atoms with Crippen LogP contribution in [0.15, 0.2) is 76.4 Å². The van der Waals surface area contributed by atoms with Crippen LogP contribution in [-0.4, -0.2) is 103 Å². The second-order valence-corrected chi connectivity index (χ2v) is 16.8. The van der Waals surface area contributed by atoms with E-state index in [1.165, 1.54) is 11.1 Å². The molecule has 3 N–H and O–H groups in total. The number of rotatable bonds is 10. The van der Waals surface area contributed by atoms with E-state index >= 15 is 0 Å². The highest BCUT2D eigenvalue weighted by Crippen LogP contribution is 2.33. The summed E-state index contributed by atoms with van der Waals surface area (Å²) >= 11 is 0. The zero-order valence-electron chi connectivity index (χ0n) is 34.1. The fraction of sp³-hybridized carbons (Fsp3) is 0.523. The van der Waals surface area contributed by atoms with Gasteiger partial charge in [-0.25, -0.2) is 9.50 Å². The summed E-state index contributed by atoms with van der Waals surface area (Å²) in [5.74, 6) is 3.63. The molecular weight excluding hydrogens is 749 g/mol. The lowest BCUT2D eigenvalue weighted by Gasteiger charge is -2.21. The Hall–Kier alpha value is -5.09. The maximum atomic E-state index is 12.7. The summed E-state index contributed by atoms with van der Waals surface area (Å²) in [7, 11) is 0. The highest BCUT2D eigenvalue weighted by Gasteiger charge is 2.35. The summed E-state index contributed by atoms with van der Waals surface area (Å²) < 4.78 is 12.6. The third kappa shape index (κ3) is 9.86. The number of benzene rings is 2. The van der Waals surface area contributed by atoms with Crippen molar-refractivity contribution in [1.29, 1.82) is 0 Å². The zero-order valence-corrected chi connectivity index (χ0v) is 34.1. The zero-order chi connectivity index (χ0) is 40.7. The van der Waals surface area contributed by atoms with Gasteiger partial charge in [0.1, 0.15) is 23.2 Å². The van der Waals surface area contributed by atoms with Gasteiger partial charge in [0.15, 0.2) is 5.52 Å². The Labute approximate surface area is 343 Å². The van der Waals surface area contributed by atoms with E-state index in [9.17, 15) is 14.4 Å². The van der Waals surface area contributed by atoms with Crippen molar-refractivity contribution in [2.75, 3.05) is 52.6 Å². The van der Waals surface area contributed by atoms with E-state index in [1.54, 1.807) is 10.7 Å². The monoisotopic (exact) mass is 804 g/mol. The highest BCUT2D eigenvalue weighted by atomic mass is 16.5. The Bertz CT molecular complexity index is 2270. The first kappa shape index (κ1) is 40.7. The van der Waals surface area contributed by atoms with Gasteiger partial charge >= 0.3 is 0 Å². The quantitative estimate of drug-likeness (QED) is 0.186. The molecule has 1 amide bonds. The van der Waals surface area contributed by atoms with Gasteiger partial charge < -0.3 is 24.8 Å². The van der Waals surface area contributed by atoms with Gasteiger partial charge in [-0.15, -0.1) is 10.2 Å². The number of nitrogens with one attached hydrogen (secondary N) is 3. The van der Waals surface area contributed by atoms with Crippen molar-refractivity contribution in [2.24, 2.45) is 17.8 Å². The van der Waals surface area contributed by atoms with Gasteiger partial charge in [-0.2, -0.15) is 5.10 Å². The molecule has 15 heteroatoms. The first-order chi connectivity index (χ1) is 28.8. The second-order valence-electron chi connectivity index (χ2n) is 16.8. The Morgan fingerprint density at radius 3 is 1.88 bits per heavy atom. The van der Waals surface area contributed by atoms with Crippen molar-refractivity contribution >= 4 is 11.4 Å². The normalized spacial score (nSPS) is 23.3. The molecule has 59 heavy (non-hydrogen) atoms. The van der Waals surface area contributed by atoms with Crippen LogP contribution < -0.4 is 16.4 Å². The highest BCUT2D eigenvalue weighted by molar-refractivity contribution is 5.78. The Morgan fingerprint density at radius 1 is 0.729 bits per heavy atom. The number of carbonyl (C=O) groups is 1. The first-order valence-electron chi connectivity index (χ1n) is 21.2. The number of imidazole rings is 1. The maximum absolute atomic E-state index is 12.7. The molecule has 2 aromatic carbocycles. The second kappa shape index (κ2) is 18.9. The minimum atomic E-state index is -0.277. The number of H-pyrrole nitrogens is 2. The van der Waals surface area contributed by atoms with Crippen molar-refractivity contribution in [2.45, 2.75) is 76.9 Å². The van der Waals surface area contributed by atoms with E-state index in [-0.39, 0.29) is 47.0 Å². The number of carbonyl (C=O) groups excluding carboxylic acids is 1. The topological polar surface area (TPSA) is 176 Å². The molecule has 4 unspecified atom stereocenters. The van der Waals surface area contributed by atoms with Crippen LogP contribution in [0.4, 0.5) is 0 Å². The van der Waals surface area contributed by atoms with E-state index < -0.39 is 0 Å². The molecule has 4 saturated heterocycles. The van der Waals surface area contributed by atoms with E-state index in [0.29, 0.717) is 55.2 Å². The fourth-order valence-electron chi connectivity index (χ4n) is 9.05. The third-order valence-electron chi connectivity index (χ3n) is 12.4. The minimum absolute atomic E-state index is 0.0513. The van der Waals surface area contributed by atoms with Crippen LogP contribution in [0.2, 0.25) is 0 Å². The average Bonchev–Trinajstić information content (AvgIpc) is 3.97. The molecule has 0 spiro atoms. The molecule has 15 nitrogen and oxygen atoms in total. The van der Waals surface area contributed by atoms with Gasteiger partial charge in [-0.3, -0.25) is 24.2 Å².